The molecule has 132 valence electrons. The molecule has 1 amide bonds. The van der Waals surface area contributed by atoms with Crippen molar-refractivity contribution in [1.82, 2.24) is 25.5 Å². The lowest BCUT2D eigenvalue weighted by Crippen LogP contribution is -2.29. The number of amides is 1. The number of likely N-dealkylation sites (tertiary alicyclic amines) is 1. The smallest absolute Gasteiger partial charge is 0.254 e. The number of aromatic hydroxyl groups is 1. The van der Waals surface area contributed by atoms with E-state index in [0.29, 0.717) is 22.9 Å². The maximum Gasteiger partial charge on any atom is 0.254 e. The largest absolute Gasteiger partial charge is 0.508 e. The van der Waals surface area contributed by atoms with Gasteiger partial charge in [0.25, 0.3) is 5.91 Å². The van der Waals surface area contributed by atoms with Gasteiger partial charge >= 0.3 is 0 Å². The van der Waals surface area contributed by atoms with Crippen molar-refractivity contribution in [3.8, 4) is 17.1 Å². The van der Waals surface area contributed by atoms with E-state index in [1.54, 1.807) is 18.2 Å². The van der Waals surface area contributed by atoms with Crippen LogP contribution in [0.25, 0.3) is 11.4 Å². The summed E-state index contributed by atoms with van der Waals surface area (Å²) in [7, 11) is 0. The highest BCUT2D eigenvalue weighted by Gasteiger charge is 2.28. The molecule has 2 heterocycles. The van der Waals surface area contributed by atoms with Crippen LogP contribution in [0.3, 0.4) is 0 Å². The maximum absolute atomic E-state index is 13.0. The molecule has 4 rings (SSSR count). The molecule has 3 aromatic rings. The Balaban J connectivity index is 1.48. The van der Waals surface area contributed by atoms with Crippen LogP contribution in [0.5, 0.6) is 5.75 Å². The number of phenols is 1. The van der Waals surface area contributed by atoms with Crippen LogP contribution in [0.15, 0.2) is 48.5 Å². The third-order valence-corrected chi connectivity index (χ3v) is 4.78. The summed E-state index contributed by atoms with van der Waals surface area (Å²) in [6.07, 6.45) is 1.87. The first-order valence-corrected chi connectivity index (χ1v) is 8.61. The Morgan fingerprint density at radius 2 is 2.00 bits per heavy atom. The van der Waals surface area contributed by atoms with Gasteiger partial charge in [-0.3, -0.25) is 4.79 Å². The molecule has 0 radical (unpaired) electrons. The number of phenolic OH excluding ortho intramolecular Hbond substituents is 1. The molecule has 1 fully saturated rings. The molecule has 1 aromatic heterocycles. The minimum absolute atomic E-state index is 0.00129. The fourth-order valence-corrected chi connectivity index (χ4v) is 3.46. The third-order valence-electron chi connectivity index (χ3n) is 4.78. The van der Waals surface area contributed by atoms with Crippen molar-refractivity contribution in [2.45, 2.75) is 12.8 Å². The molecule has 7 nitrogen and oxygen atoms in total. The molecule has 0 aliphatic carbocycles. The zero-order valence-corrected chi connectivity index (χ0v) is 14.2. The van der Waals surface area contributed by atoms with Gasteiger partial charge in [0.2, 0.25) is 5.82 Å². The van der Waals surface area contributed by atoms with Crippen LogP contribution >= 0.6 is 0 Å². The predicted octanol–water partition coefficient (Wildman–Crippen LogP) is 2.28. The standard InChI is InChI=1S/C19H19N5O2/c25-15-7-5-13(6-8-15)11-14-9-10-24(12-14)19(26)17-4-2-1-3-16(17)18-20-22-23-21-18/h1-8,14,25H,9-12H2,(H,20,21,22,23). The molecule has 1 atom stereocenters. The number of aromatic amines is 1. The number of carbonyl (C=O) groups excluding carboxylic acids is 1. The number of nitrogens with zero attached hydrogens (tertiary/aromatic N) is 4. The fraction of sp³-hybridized carbons (Fsp3) is 0.263. The first-order chi connectivity index (χ1) is 12.7. The summed E-state index contributed by atoms with van der Waals surface area (Å²) in [6, 6.07) is 14.6. The first kappa shape index (κ1) is 16.3. The van der Waals surface area contributed by atoms with Crippen molar-refractivity contribution in [3.63, 3.8) is 0 Å². The second kappa shape index (κ2) is 6.95. The summed E-state index contributed by atoms with van der Waals surface area (Å²) >= 11 is 0. The summed E-state index contributed by atoms with van der Waals surface area (Å²) in [5, 5.41) is 23.4. The molecule has 1 aliphatic heterocycles. The normalized spacial score (nSPS) is 16.8. The Kier molecular flexibility index (Phi) is 4.35. The van der Waals surface area contributed by atoms with E-state index >= 15 is 0 Å². The molecular formula is C19H19N5O2. The lowest BCUT2D eigenvalue weighted by Gasteiger charge is -2.18. The van der Waals surface area contributed by atoms with Gasteiger partial charge < -0.3 is 10.0 Å². The molecule has 2 aromatic carbocycles. The summed E-state index contributed by atoms with van der Waals surface area (Å²) in [4.78, 5) is 14.9. The van der Waals surface area contributed by atoms with Crippen molar-refractivity contribution in [2.75, 3.05) is 13.1 Å². The van der Waals surface area contributed by atoms with Gasteiger partial charge in [-0.1, -0.05) is 30.3 Å². The molecule has 7 heteroatoms. The van der Waals surface area contributed by atoms with Crippen molar-refractivity contribution >= 4 is 5.91 Å². The monoisotopic (exact) mass is 349 g/mol. The quantitative estimate of drug-likeness (QED) is 0.753. The van der Waals surface area contributed by atoms with Crippen LogP contribution in [-0.2, 0) is 6.42 Å². The van der Waals surface area contributed by atoms with Crippen LogP contribution in [0.1, 0.15) is 22.3 Å². The van der Waals surface area contributed by atoms with Gasteiger partial charge in [-0.2, -0.15) is 5.21 Å². The van der Waals surface area contributed by atoms with E-state index in [-0.39, 0.29) is 11.7 Å². The first-order valence-electron chi connectivity index (χ1n) is 8.61. The number of benzene rings is 2. The number of carbonyl (C=O) groups is 1. The second-order valence-electron chi connectivity index (χ2n) is 6.56. The molecule has 1 unspecified atom stereocenters. The van der Waals surface area contributed by atoms with E-state index in [2.05, 4.69) is 20.6 Å². The number of hydrogen-bond acceptors (Lipinski definition) is 5. The van der Waals surface area contributed by atoms with Crippen LogP contribution in [0.4, 0.5) is 0 Å². The number of rotatable bonds is 4. The zero-order chi connectivity index (χ0) is 17.9. The average molecular weight is 349 g/mol. The molecular weight excluding hydrogens is 330 g/mol. The lowest BCUT2D eigenvalue weighted by atomic mass is 9.99. The van der Waals surface area contributed by atoms with E-state index in [9.17, 15) is 9.90 Å². The summed E-state index contributed by atoms with van der Waals surface area (Å²) in [5.41, 5.74) is 2.46. The number of nitrogens with one attached hydrogen (secondary N) is 1. The summed E-state index contributed by atoms with van der Waals surface area (Å²) < 4.78 is 0. The molecule has 1 saturated heterocycles. The predicted molar refractivity (Wildman–Crippen MR) is 95.4 cm³/mol. The highest BCUT2D eigenvalue weighted by molar-refractivity contribution is 6.00. The van der Waals surface area contributed by atoms with Gasteiger partial charge in [0, 0.05) is 18.7 Å². The maximum atomic E-state index is 13.0. The minimum Gasteiger partial charge on any atom is -0.508 e. The zero-order valence-electron chi connectivity index (χ0n) is 14.2. The minimum atomic E-state index is -0.00129. The number of H-pyrrole nitrogens is 1. The highest BCUT2D eigenvalue weighted by Crippen LogP contribution is 2.26. The van der Waals surface area contributed by atoms with Gasteiger partial charge in [-0.15, -0.1) is 10.2 Å². The van der Waals surface area contributed by atoms with E-state index < -0.39 is 0 Å². The average Bonchev–Trinajstić information content (AvgIpc) is 3.35. The van der Waals surface area contributed by atoms with Crippen LogP contribution < -0.4 is 0 Å². The summed E-state index contributed by atoms with van der Waals surface area (Å²) in [5.74, 6) is 1.11. The summed E-state index contributed by atoms with van der Waals surface area (Å²) in [6.45, 7) is 1.46. The number of hydrogen-bond donors (Lipinski definition) is 2. The van der Waals surface area contributed by atoms with E-state index in [1.807, 2.05) is 35.2 Å². The molecule has 0 spiro atoms. The van der Waals surface area contributed by atoms with Crippen molar-refractivity contribution < 1.29 is 9.90 Å². The fourth-order valence-electron chi connectivity index (χ4n) is 3.46. The molecule has 0 bridgehead atoms. The SMILES string of the molecule is O=C(c1ccccc1-c1nn[nH]n1)N1CCC(Cc2ccc(O)cc2)C1. The number of tetrazole rings is 1. The van der Waals surface area contributed by atoms with Gasteiger partial charge in [0.05, 0.1) is 5.56 Å². The van der Waals surface area contributed by atoms with Crippen molar-refractivity contribution in [2.24, 2.45) is 5.92 Å². The third kappa shape index (κ3) is 3.28. The van der Waals surface area contributed by atoms with Crippen LogP contribution in [-0.4, -0.2) is 49.6 Å². The Hall–Kier alpha value is -3.22. The highest BCUT2D eigenvalue weighted by atomic mass is 16.3. The topological polar surface area (TPSA) is 95.0 Å². The molecule has 1 aliphatic rings. The van der Waals surface area contributed by atoms with Gasteiger partial charge in [0.15, 0.2) is 0 Å². The Morgan fingerprint density at radius 3 is 2.77 bits per heavy atom. The van der Waals surface area contributed by atoms with Crippen LogP contribution in [0.2, 0.25) is 0 Å². The Labute approximate surface area is 150 Å². The van der Waals surface area contributed by atoms with E-state index in [0.717, 1.165) is 25.9 Å². The van der Waals surface area contributed by atoms with Gasteiger partial charge in [-0.25, -0.2) is 0 Å². The van der Waals surface area contributed by atoms with Gasteiger partial charge in [0.1, 0.15) is 5.75 Å². The van der Waals surface area contributed by atoms with Crippen molar-refractivity contribution in [1.29, 1.82) is 0 Å². The lowest BCUT2D eigenvalue weighted by molar-refractivity contribution is 0.0788. The Bertz CT molecular complexity index is 893. The van der Waals surface area contributed by atoms with Crippen LogP contribution in [0, 0.1) is 5.92 Å². The molecule has 2 N–H and O–H groups in total. The molecule has 0 saturated carbocycles. The van der Waals surface area contributed by atoms with E-state index in [4.69, 9.17) is 0 Å². The van der Waals surface area contributed by atoms with Gasteiger partial charge in [-0.05, 0) is 47.7 Å². The van der Waals surface area contributed by atoms with E-state index in [1.165, 1.54) is 5.56 Å². The van der Waals surface area contributed by atoms with Crippen molar-refractivity contribution in [3.05, 3.63) is 59.7 Å². The second-order valence-corrected chi connectivity index (χ2v) is 6.56. The molecule has 26 heavy (non-hydrogen) atoms. The Morgan fingerprint density at radius 1 is 1.19 bits per heavy atom. The number of aromatic nitrogens is 4.